The van der Waals surface area contributed by atoms with Gasteiger partial charge in [-0.05, 0) is 26.0 Å². The maximum absolute atomic E-state index is 12.2. The number of nitrogens with one attached hydrogen (secondary N) is 2. The summed E-state index contributed by atoms with van der Waals surface area (Å²) in [5, 5.41) is 20.1. The van der Waals surface area contributed by atoms with Gasteiger partial charge in [0, 0.05) is 35.8 Å². The van der Waals surface area contributed by atoms with Crippen LogP contribution >= 0.6 is 0 Å². The summed E-state index contributed by atoms with van der Waals surface area (Å²) in [6.07, 6.45) is 0. The number of nitrogens with zero attached hydrogens (tertiary/aromatic N) is 3. The van der Waals surface area contributed by atoms with Gasteiger partial charge in [-0.25, -0.2) is 0 Å². The van der Waals surface area contributed by atoms with Crippen molar-refractivity contribution in [2.45, 2.75) is 13.8 Å². The molecule has 3 rings (SSSR count). The van der Waals surface area contributed by atoms with Crippen molar-refractivity contribution in [3.63, 3.8) is 0 Å². The van der Waals surface area contributed by atoms with Crippen molar-refractivity contribution >= 4 is 17.5 Å². The number of amides is 2. The van der Waals surface area contributed by atoms with Crippen molar-refractivity contribution in [3.8, 4) is 11.4 Å². The molecule has 0 aliphatic heterocycles. The Hall–Kier alpha value is -4.08. The molecule has 0 fully saturated rings. The molecule has 0 bridgehead atoms. The summed E-state index contributed by atoms with van der Waals surface area (Å²) >= 11 is 0. The van der Waals surface area contributed by atoms with E-state index in [2.05, 4.69) is 20.8 Å². The Morgan fingerprint density at radius 3 is 2.47 bits per heavy atom. The van der Waals surface area contributed by atoms with Crippen molar-refractivity contribution in [2.75, 3.05) is 13.1 Å². The Kier molecular flexibility index (Phi) is 6.16. The van der Waals surface area contributed by atoms with Gasteiger partial charge in [-0.2, -0.15) is 4.98 Å². The first-order chi connectivity index (χ1) is 14.4. The molecule has 0 aliphatic carbocycles. The van der Waals surface area contributed by atoms with Crippen LogP contribution in [0.15, 0.2) is 47.0 Å². The van der Waals surface area contributed by atoms with Gasteiger partial charge in [-0.15, -0.1) is 0 Å². The molecule has 0 saturated carbocycles. The van der Waals surface area contributed by atoms with Gasteiger partial charge in [-0.1, -0.05) is 35.0 Å². The lowest BCUT2D eigenvalue weighted by molar-refractivity contribution is -0.385. The summed E-state index contributed by atoms with van der Waals surface area (Å²) in [4.78, 5) is 38.8. The number of hydrogen-bond donors (Lipinski definition) is 2. The van der Waals surface area contributed by atoms with Crippen LogP contribution in [0.25, 0.3) is 11.4 Å². The second-order valence-electron chi connectivity index (χ2n) is 6.51. The lowest BCUT2D eigenvalue weighted by atomic mass is 10.1. The van der Waals surface area contributed by atoms with Crippen molar-refractivity contribution in [1.82, 2.24) is 20.8 Å². The van der Waals surface area contributed by atoms with E-state index in [0.29, 0.717) is 16.7 Å². The molecule has 2 N–H and O–H groups in total. The SMILES string of the molecule is Cc1cccc(C(=O)NCCNC(=O)c2nc(-c3cccc([N+](=O)[O-])c3C)no2)c1. The molecule has 10 heteroatoms. The number of aryl methyl sites for hydroxylation is 1. The first-order valence-corrected chi connectivity index (χ1v) is 9.08. The maximum atomic E-state index is 12.2. The van der Waals surface area contributed by atoms with Crippen molar-refractivity contribution < 1.29 is 19.0 Å². The molecule has 2 amide bonds. The number of carbonyl (C=O) groups is 2. The number of nitro benzene ring substituents is 1. The van der Waals surface area contributed by atoms with E-state index >= 15 is 0 Å². The predicted octanol–water partition coefficient (Wildman–Crippen LogP) is 2.42. The molecule has 154 valence electrons. The smallest absolute Gasteiger partial charge is 0.316 e. The van der Waals surface area contributed by atoms with E-state index in [1.165, 1.54) is 12.1 Å². The van der Waals surface area contributed by atoms with E-state index in [9.17, 15) is 19.7 Å². The Morgan fingerprint density at radius 2 is 1.77 bits per heavy atom. The second-order valence-corrected chi connectivity index (χ2v) is 6.51. The van der Waals surface area contributed by atoms with E-state index in [1.54, 1.807) is 31.2 Å². The van der Waals surface area contributed by atoms with Crippen molar-refractivity contribution in [3.05, 3.63) is 75.2 Å². The van der Waals surface area contributed by atoms with E-state index < -0.39 is 10.8 Å². The van der Waals surface area contributed by atoms with Gasteiger partial charge in [0.05, 0.1) is 4.92 Å². The molecule has 10 nitrogen and oxygen atoms in total. The van der Waals surface area contributed by atoms with Gasteiger partial charge in [0.15, 0.2) is 0 Å². The highest BCUT2D eigenvalue weighted by atomic mass is 16.6. The summed E-state index contributed by atoms with van der Waals surface area (Å²) in [6, 6.07) is 11.6. The van der Waals surface area contributed by atoms with Gasteiger partial charge < -0.3 is 15.2 Å². The van der Waals surface area contributed by atoms with Crippen molar-refractivity contribution in [1.29, 1.82) is 0 Å². The fourth-order valence-corrected chi connectivity index (χ4v) is 2.80. The van der Waals surface area contributed by atoms with Crippen LogP contribution in [0.5, 0.6) is 0 Å². The topological polar surface area (TPSA) is 140 Å². The Labute approximate surface area is 171 Å². The van der Waals surface area contributed by atoms with Crippen LogP contribution in [0.4, 0.5) is 5.69 Å². The van der Waals surface area contributed by atoms with E-state index in [-0.39, 0.29) is 36.4 Å². The average molecular weight is 409 g/mol. The van der Waals surface area contributed by atoms with Gasteiger partial charge in [0.25, 0.3) is 11.6 Å². The quantitative estimate of drug-likeness (QED) is 0.347. The zero-order valence-electron chi connectivity index (χ0n) is 16.3. The monoisotopic (exact) mass is 409 g/mol. The molecule has 30 heavy (non-hydrogen) atoms. The molecule has 3 aromatic rings. The van der Waals surface area contributed by atoms with Crippen LogP contribution in [-0.4, -0.2) is 40.0 Å². The Morgan fingerprint density at radius 1 is 1.07 bits per heavy atom. The maximum Gasteiger partial charge on any atom is 0.316 e. The summed E-state index contributed by atoms with van der Waals surface area (Å²) in [5.74, 6) is -1.05. The fraction of sp³-hybridized carbons (Fsp3) is 0.200. The van der Waals surface area contributed by atoms with Crippen molar-refractivity contribution in [2.24, 2.45) is 0 Å². The third kappa shape index (κ3) is 4.66. The van der Waals surface area contributed by atoms with Crippen LogP contribution in [-0.2, 0) is 0 Å². The van der Waals surface area contributed by atoms with Crippen LogP contribution < -0.4 is 10.6 Å². The summed E-state index contributed by atoms with van der Waals surface area (Å²) in [5.41, 5.74) is 2.21. The molecule has 2 aromatic carbocycles. The standard InChI is InChI=1S/C20H19N5O5/c1-12-5-3-6-14(11-12)18(26)21-9-10-22-19(27)20-23-17(24-30-20)15-7-4-8-16(13(15)2)25(28)29/h3-8,11H,9-10H2,1-2H3,(H,21,26)(H,22,27). The number of carbonyl (C=O) groups excluding carboxylic acids is 2. The molecule has 0 unspecified atom stereocenters. The zero-order chi connectivity index (χ0) is 21.7. The highest BCUT2D eigenvalue weighted by Gasteiger charge is 2.20. The largest absolute Gasteiger partial charge is 0.350 e. The number of hydrogen-bond acceptors (Lipinski definition) is 7. The minimum Gasteiger partial charge on any atom is -0.350 e. The number of nitro groups is 1. The molecule has 0 radical (unpaired) electrons. The zero-order valence-corrected chi connectivity index (χ0v) is 16.3. The van der Waals surface area contributed by atoms with Gasteiger partial charge in [-0.3, -0.25) is 19.7 Å². The molecule has 0 spiro atoms. The Bertz CT molecular complexity index is 1110. The number of benzene rings is 2. The lowest BCUT2D eigenvalue weighted by Crippen LogP contribution is -2.34. The highest BCUT2D eigenvalue weighted by molar-refractivity contribution is 5.94. The highest BCUT2D eigenvalue weighted by Crippen LogP contribution is 2.27. The molecular weight excluding hydrogens is 390 g/mol. The first-order valence-electron chi connectivity index (χ1n) is 9.08. The summed E-state index contributed by atoms with van der Waals surface area (Å²) in [6.45, 7) is 3.83. The normalized spacial score (nSPS) is 10.5. The molecular formula is C20H19N5O5. The van der Waals surface area contributed by atoms with Gasteiger partial charge >= 0.3 is 11.8 Å². The molecule has 0 atom stereocenters. The van der Waals surface area contributed by atoms with Crippen LogP contribution in [0.1, 0.15) is 32.2 Å². The van der Waals surface area contributed by atoms with E-state index in [1.807, 2.05) is 13.0 Å². The minimum atomic E-state index is -0.610. The summed E-state index contributed by atoms with van der Waals surface area (Å²) < 4.78 is 4.97. The predicted molar refractivity (Wildman–Crippen MR) is 107 cm³/mol. The number of aromatic nitrogens is 2. The molecule has 1 aromatic heterocycles. The van der Waals surface area contributed by atoms with Crippen LogP contribution in [0.2, 0.25) is 0 Å². The average Bonchev–Trinajstić information content (AvgIpc) is 3.21. The molecule has 0 aliphatic rings. The fourth-order valence-electron chi connectivity index (χ4n) is 2.80. The van der Waals surface area contributed by atoms with Gasteiger partial charge in [0.1, 0.15) is 0 Å². The van der Waals surface area contributed by atoms with E-state index in [4.69, 9.17) is 4.52 Å². The van der Waals surface area contributed by atoms with Gasteiger partial charge in [0.2, 0.25) is 5.82 Å². The minimum absolute atomic E-state index is 0.0762. The second kappa shape index (κ2) is 8.95. The van der Waals surface area contributed by atoms with Crippen LogP contribution in [0, 0.1) is 24.0 Å². The molecule has 1 heterocycles. The third-order valence-electron chi connectivity index (χ3n) is 4.34. The van der Waals surface area contributed by atoms with E-state index in [0.717, 1.165) is 5.56 Å². The van der Waals surface area contributed by atoms with Crippen LogP contribution in [0.3, 0.4) is 0 Å². The third-order valence-corrected chi connectivity index (χ3v) is 4.34. The Balaban J connectivity index is 1.56. The summed E-state index contributed by atoms with van der Waals surface area (Å²) in [7, 11) is 0. The first kappa shape index (κ1) is 20.6. The molecule has 0 saturated heterocycles. The number of rotatable bonds is 7. The lowest BCUT2D eigenvalue weighted by Gasteiger charge is -2.06.